The molecule has 0 aliphatic heterocycles. The molecule has 0 spiro atoms. The van der Waals surface area contributed by atoms with Gasteiger partial charge in [-0.3, -0.25) is 4.68 Å². The lowest BCUT2D eigenvalue weighted by molar-refractivity contribution is 0.625. The van der Waals surface area contributed by atoms with Gasteiger partial charge in [-0.15, -0.1) is 0 Å². The molecular weight excluding hydrogens is 342 g/mol. The van der Waals surface area contributed by atoms with Crippen molar-refractivity contribution in [2.75, 3.05) is 0 Å². The Balaban J connectivity index is 1.99. The van der Waals surface area contributed by atoms with Gasteiger partial charge in [-0.25, -0.2) is 4.39 Å². The monoisotopic (exact) mass is 352 g/mol. The van der Waals surface area contributed by atoms with Crippen molar-refractivity contribution in [3.05, 3.63) is 63.6 Å². The van der Waals surface area contributed by atoms with Gasteiger partial charge in [-0.2, -0.15) is 5.10 Å². The summed E-state index contributed by atoms with van der Waals surface area (Å²) < 4.78 is 16.0. The minimum atomic E-state index is -0.210. The average molecular weight is 352 g/mol. The summed E-state index contributed by atoms with van der Waals surface area (Å²) in [5, 5.41) is 5.50. The molecule has 0 aliphatic carbocycles. The van der Waals surface area contributed by atoms with Gasteiger partial charge in [-0.1, -0.05) is 18.2 Å². The van der Waals surface area contributed by atoms with E-state index in [1.54, 1.807) is 12.1 Å². The normalized spacial score (nSPS) is 11.0. The fourth-order valence-corrected chi connectivity index (χ4v) is 2.41. The summed E-state index contributed by atoms with van der Waals surface area (Å²) in [6.07, 6.45) is 1.86. The Morgan fingerprint density at radius 3 is 2.67 bits per heavy atom. The summed E-state index contributed by atoms with van der Waals surface area (Å²) in [5.74, 6) is -0.210. The van der Waals surface area contributed by atoms with Gasteiger partial charge in [-0.05, 0) is 52.4 Å². The lowest BCUT2D eigenvalue weighted by atomic mass is 10.2. The number of hydrogen-bond donors (Lipinski definition) is 0. The molecule has 3 rings (SSSR count). The molecule has 4 heteroatoms. The number of halogens is 2. The van der Waals surface area contributed by atoms with Crippen LogP contribution in [0.15, 0.2) is 48.7 Å². The van der Waals surface area contributed by atoms with Crippen LogP contribution in [0.3, 0.4) is 0 Å². The van der Waals surface area contributed by atoms with E-state index in [2.05, 4.69) is 45.9 Å². The number of aromatic nitrogens is 2. The molecule has 0 aliphatic rings. The van der Waals surface area contributed by atoms with Crippen LogP contribution in [-0.4, -0.2) is 9.78 Å². The van der Waals surface area contributed by atoms with Crippen molar-refractivity contribution in [2.45, 2.75) is 6.54 Å². The van der Waals surface area contributed by atoms with Gasteiger partial charge < -0.3 is 0 Å². The van der Waals surface area contributed by atoms with Crippen LogP contribution in [-0.2, 0) is 6.54 Å². The fraction of sp³-hybridized carbons (Fsp3) is 0.0714. The molecule has 0 unspecified atom stereocenters. The molecule has 0 N–H and O–H groups in total. The predicted octanol–water partition coefficient (Wildman–Crippen LogP) is 3.83. The zero-order valence-corrected chi connectivity index (χ0v) is 11.6. The molecule has 0 fully saturated rings. The van der Waals surface area contributed by atoms with Crippen molar-refractivity contribution in [3.8, 4) is 0 Å². The van der Waals surface area contributed by atoms with Crippen LogP contribution < -0.4 is 0 Å². The lowest BCUT2D eigenvalue weighted by Crippen LogP contribution is -2.01. The van der Waals surface area contributed by atoms with Crippen molar-refractivity contribution in [3.63, 3.8) is 0 Å². The molecule has 0 bridgehead atoms. The van der Waals surface area contributed by atoms with Crippen molar-refractivity contribution in [2.24, 2.45) is 0 Å². The zero-order valence-electron chi connectivity index (χ0n) is 9.48. The van der Waals surface area contributed by atoms with Gasteiger partial charge in [0, 0.05) is 8.96 Å². The molecule has 0 atom stereocenters. The molecule has 0 amide bonds. The highest BCUT2D eigenvalue weighted by Gasteiger charge is 2.04. The Bertz CT molecular complexity index is 689. The van der Waals surface area contributed by atoms with E-state index in [0.717, 1.165) is 16.5 Å². The third kappa shape index (κ3) is 2.25. The predicted molar refractivity (Wildman–Crippen MR) is 78.0 cm³/mol. The fourth-order valence-electron chi connectivity index (χ4n) is 1.93. The number of fused-ring (bicyclic) bond motifs is 1. The van der Waals surface area contributed by atoms with Gasteiger partial charge in [0.05, 0.1) is 18.3 Å². The Morgan fingerprint density at radius 2 is 1.89 bits per heavy atom. The van der Waals surface area contributed by atoms with Crippen molar-refractivity contribution < 1.29 is 4.39 Å². The Labute approximate surface area is 118 Å². The van der Waals surface area contributed by atoms with E-state index in [9.17, 15) is 4.39 Å². The maximum Gasteiger partial charge on any atom is 0.123 e. The van der Waals surface area contributed by atoms with Crippen molar-refractivity contribution >= 4 is 33.5 Å². The van der Waals surface area contributed by atoms with Gasteiger partial charge in [0.15, 0.2) is 0 Å². The molecule has 1 aromatic heterocycles. The van der Waals surface area contributed by atoms with Crippen LogP contribution in [0.5, 0.6) is 0 Å². The second kappa shape index (κ2) is 4.68. The van der Waals surface area contributed by atoms with E-state index in [4.69, 9.17) is 0 Å². The lowest BCUT2D eigenvalue weighted by Gasteiger charge is -2.04. The van der Waals surface area contributed by atoms with Crippen LogP contribution in [0.2, 0.25) is 0 Å². The first-order valence-electron chi connectivity index (χ1n) is 5.58. The van der Waals surface area contributed by atoms with Crippen LogP contribution in [0.4, 0.5) is 4.39 Å². The highest BCUT2D eigenvalue weighted by atomic mass is 127. The minimum absolute atomic E-state index is 0.210. The van der Waals surface area contributed by atoms with Crippen molar-refractivity contribution in [1.29, 1.82) is 0 Å². The van der Waals surface area contributed by atoms with E-state index >= 15 is 0 Å². The van der Waals surface area contributed by atoms with Gasteiger partial charge in [0.25, 0.3) is 0 Å². The molecule has 2 nitrogen and oxygen atoms in total. The van der Waals surface area contributed by atoms with E-state index in [1.807, 2.05) is 10.9 Å². The quantitative estimate of drug-likeness (QED) is 0.641. The molecule has 3 aromatic rings. The number of benzene rings is 2. The number of nitrogens with zero attached hydrogens (tertiary/aromatic N) is 2. The minimum Gasteiger partial charge on any atom is -0.260 e. The van der Waals surface area contributed by atoms with Gasteiger partial charge in [0.1, 0.15) is 5.82 Å². The molecule has 1 heterocycles. The smallest absolute Gasteiger partial charge is 0.123 e. The third-order valence-corrected chi connectivity index (χ3v) is 3.52. The maximum absolute atomic E-state index is 12.8. The summed E-state index contributed by atoms with van der Waals surface area (Å²) in [6.45, 7) is 0.657. The first kappa shape index (κ1) is 11.6. The van der Waals surface area contributed by atoms with E-state index in [-0.39, 0.29) is 5.82 Å². The standard InChI is InChI=1S/C14H10FIN2/c15-12-4-1-10(2-5-12)9-18-14-7-13(16)6-3-11(14)8-17-18/h1-8H,9H2. The van der Waals surface area contributed by atoms with Gasteiger partial charge >= 0.3 is 0 Å². The average Bonchev–Trinajstić information content (AvgIpc) is 2.75. The van der Waals surface area contributed by atoms with Crippen LogP contribution in [0.1, 0.15) is 5.56 Å². The summed E-state index contributed by atoms with van der Waals surface area (Å²) >= 11 is 2.29. The van der Waals surface area contributed by atoms with E-state index in [1.165, 1.54) is 15.7 Å². The second-order valence-electron chi connectivity index (χ2n) is 4.13. The Morgan fingerprint density at radius 1 is 1.11 bits per heavy atom. The van der Waals surface area contributed by atoms with Crippen LogP contribution >= 0.6 is 22.6 Å². The first-order valence-corrected chi connectivity index (χ1v) is 6.66. The summed E-state index contributed by atoms with van der Waals surface area (Å²) in [4.78, 5) is 0. The molecule has 18 heavy (non-hydrogen) atoms. The number of hydrogen-bond acceptors (Lipinski definition) is 1. The van der Waals surface area contributed by atoms with Crippen LogP contribution in [0.25, 0.3) is 10.9 Å². The second-order valence-corrected chi connectivity index (χ2v) is 5.38. The topological polar surface area (TPSA) is 17.8 Å². The molecule has 2 aromatic carbocycles. The Kier molecular flexibility index (Phi) is 3.03. The first-order chi connectivity index (χ1) is 8.72. The third-order valence-electron chi connectivity index (χ3n) is 2.85. The molecule has 0 saturated carbocycles. The summed E-state index contributed by atoms with van der Waals surface area (Å²) in [6, 6.07) is 12.8. The zero-order chi connectivity index (χ0) is 12.5. The SMILES string of the molecule is Fc1ccc(Cn2ncc3ccc(I)cc32)cc1. The van der Waals surface area contributed by atoms with Crippen LogP contribution in [0, 0.1) is 9.39 Å². The highest BCUT2D eigenvalue weighted by molar-refractivity contribution is 14.1. The van der Waals surface area contributed by atoms with Crippen molar-refractivity contribution in [1.82, 2.24) is 9.78 Å². The highest BCUT2D eigenvalue weighted by Crippen LogP contribution is 2.18. The molecule has 90 valence electrons. The maximum atomic E-state index is 12.8. The van der Waals surface area contributed by atoms with Gasteiger partial charge in [0.2, 0.25) is 0 Å². The summed E-state index contributed by atoms with van der Waals surface area (Å²) in [5.41, 5.74) is 2.14. The molecule has 0 radical (unpaired) electrons. The number of rotatable bonds is 2. The molecule has 0 saturated heterocycles. The van der Waals surface area contributed by atoms with E-state index in [0.29, 0.717) is 6.54 Å². The van der Waals surface area contributed by atoms with E-state index < -0.39 is 0 Å². The Hall–Kier alpha value is -1.43. The molecular formula is C14H10FIN2. The summed E-state index contributed by atoms with van der Waals surface area (Å²) in [7, 11) is 0. The largest absolute Gasteiger partial charge is 0.260 e.